The minimum atomic E-state index is -4.03. The van der Waals surface area contributed by atoms with Gasteiger partial charge < -0.3 is 10.2 Å². The molecule has 0 aromatic heterocycles. The summed E-state index contributed by atoms with van der Waals surface area (Å²) in [4.78, 5) is 1.97. The first-order chi connectivity index (χ1) is 13.6. The van der Waals surface area contributed by atoms with Crippen LogP contribution in [0.25, 0.3) is 0 Å². The maximum Gasteiger partial charge on any atom is 0.261 e. The molecule has 11 heteroatoms. The van der Waals surface area contributed by atoms with Crippen LogP contribution in [0.4, 0.5) is 21.5 Å². The second-order valence-corrected chi connectivity index (χ2v) is 10.2. The lowest BCUT2D eigenvalue weighted by atomic mass is 10.2. The van der Waals surface area contributed by atoms with Crippen LogP contribution >= 0.6 is 0 Å². The summed E-state index contributed by atoms with van der Waals surface area (Å²) in [5.74, 6) is -0.556. The Hall–Kier alpha value is -2.37. The lowest BCUT2D eigenvalue weighted by Crippen LogP contribution is -2.28. The largest absolute Gasteiger partial charge is 0.370 e. The molecule has 0 spiro atoms. The number of halogens is 1. The molecule has 1 saturated heterocycles. The van der Waals surface area contributed by atoms with E-state index in [1.54, 1.807) is 12.1 Å². The Bertz CT molecular complexity index is 1070. The van der Waals surface area contributed by atoms with E-state index in [2.05, 4.69) is 19.7 Å². The predicted octanol–water partition coefficient (Wildman–Crippen LogP) is 1.80. The number of benzene rings is 2. The third kappa shape index (κ3) is 5.81. The van der Waals surface area contributed by atoms with Gasteiger partial charge in [-0.15, -0.1) is 0 Å². The summed E-state index contributed by atoms with van der Waals surface area (Å²) in [6, 6.07) is 9.22. The van der Waals surface area contributed by atoms with E-state index in [4.69, 9.17) is 0 Å². The molecule has 0 saturated carbocycles. The molecule has 2 aromatic carbocycles. The molecule has 158 valence electrons. The van der Waals surface area contributed by atoms with Gasteiger partial charge in [0.05, 0.1) is 22.5 Å². The zero-order valence-corrected chi connectivity index (χ0v) is 17.5. The molecule has 1 fully saturated rings. The van der Waals surface area contributed by atoms with E-state index in [1.165, 1.54) is 6.07 Å². The Balaban J connectivity index is 1.95. The van der Waals surface area contributed by atoms with Gasteiger partial charge in [0.1, 0.15) is 5.82 Å². The van der Waals surface area contributed by atoms with Crippen LogP contribution in [0.5, 0.6) is 0 Å². The first-order valence-electron chi connectivity index (χ1n) is 9.00. The second-order valence-electron chi connectivity index (χ2n) is 6.75. The molecule has 8 nitrogen and oxygen atoms in total. The van der Waals surface area contributed by atoms with E-state index >= 15 is 0 Å². The topological polar surface area (TPSA) is 108 Å². The summed E-state index contributed by atoms with van der Waals surface area (Å²) in [7, 11) is -7.67. The lowest BCUT2D eigenvalue weighted by molar-refractivity contribution is 0.599. The van der Waals surface area contributed by atoms with Crippen LogP contribution in [0.3, 0.4) is 0 Å². The van der Waals surface area contributed by atoms with Crippen molar-refractivity contribution in [1.82, 2.24) is 5.32 Å². The molecule has 1 aliphatic heterocycles. The third-order valence-corrected chi connectivity index (χ3v) is 6.34. The highest BCUT2D eigenvalue weighted by Gasteiger charge is 2.19. The van der Waals surface area contributed by atoms with Crippen molar-refractivity contribution in [2.75, 3.05) is 46.8 Å². The quantitative estimate of drug-likeness (QED) is 0.630. The Morgan fingerprint density at radius 1 is 0.931 bits per heavy atom. The molecular formula is C18H23FN4O4S2. The molecule has 0 amide bonds. The molecular weight excluding hydrogens is 419 g/mol. The van der Waals surface area contributed by atoms with Crippen molar-refractivity contribution in [2.45, 2.75) is 11.3 Å². The van der Waals surface area contributed by atoms with E-state index in [0.29, 0.717) is 0 Å². The number of anilines is 3. The van der Waals surface area contributed by atoms with Crippen LogP contribution in [-0.2, 0) is 20.0 Å². The van der Waals surface area contributed by atoms with Gasteiger partial charge in [0.15, 0.2) is 0 Å². The fourth-order valence-electron chi connectivity index (χ4n) is 3.02. The van der Waals surface area contributed by atoms with Crippen LogP contribution < -0.4 is 19.7 Å². The van der Waals surface area contributed by atoms with Crippen molar-refractivity contribution in [1.29, 1.82) is 0 Å². The minimum absolute atomic E-state index is 0.0800. The number of hydrogen-bond donors (Lipinski definition) is 3. The van der Waals surface area contributed by atoms with Crippen LogP contribution in [0.2, 0.25) is 0 Å². The number of hydrogen-bond acceptors (Lipinski definition) is 6. The molecule has 1 heterocycles. The normalized spacial score (nSPS) is 15.6. The van der Waals surface area contributed by atoms with Crippen molar-refractivity contribution in [3.63, 3.8) is 0 Å². The number of sulfonamides is 2. The van der Waals surface area contributed by atoms with Crippen molar-refractivity contribution in [3.8, 4) is 0 Å². The number of rotatable bonds is 6. The maximum absolute atomic E-state index is 13.1. The van der Waals surface area contributed by atoms with Crippen molar-refractivity contribution in [3.05, 3.63) is 48.3 Å². The summed E-state index contributed by atoms with van der Waals surface area (Å²) in [5.41, 5.74) is 0.980. The first-order valence-corrected chi connectivity index (χ1v) is 12.4. The monoisotopic (exact) mass is 442 g/mol. The molecule has 2 aromatic rings. The van der Waals surface area contributed by atoms with Gasteiger partial charge in [-0.3, -0.25) is 9.44 Å². The zero-order chi connectivity index (χ0) is 21.1. The summed E-state index contributed by atoms with van der Waals surface area (Å²) in [6.07, 6.45) is 1.93. The Morgan fingerprint density at radius 2 is 1.66 bits per heavy atom. The van der Waals surface area contributed by atoms with E-state index in [1.807, 2.05) is 0 Å². The first kappa shape index (κ1) is 21.3. The standard InChI is InChI=1S/C18H23FN4O4S2/c1-28(24,25)21-18-13-15(23-11-2-9-20-10-12-23)5-8-17(18)22-29(26,27)16-6-3-14(19)4-7-16/h3-8,13,20-22H,2,9-12H2,1H3. The van der Waals surface area contributed by atoms with Crippen molar-refractivity contribution < 1.29 is 21.2 Å². The van der Waals surface area contributed by atoms with Gasteiger partial charge in [0, 0.05) is 25.3 Å². The summed E-state index contributed by atoms with van der Waals surface area (Å²) in [6.45, 7) is 3.25. The molecule has 1 aliphatic rings. The van der Waals surface area contributed by atoms with E-state index < -0.39 is 25.9 Å². The maximum atomic E-state index is 13.1. The molecule has 0 unspecified atom stereocenters. The molecule has 3 rings (SSSR count). The fourth-order valence-corrected chi connectivity index (χ4v) is 4.67. The molecule has 0 bridgehead atoms. The van der Waals surface area contributed by atoms with E-state index in [9.17, 15) is 21.2 Å². The Kier molecular flexibility index (Phi) is 6.30. The molecule has 0 aliphatic carbocycles. The van der Waals surface area contributed by atoms with Gasteiger partial charge in [-0.05, 0) is 55.4 Å². The van der Waals surface area contributed by atoms with Crippen molar-refractivity contribution >= 4 is 37.1 Å². The average molecular weight is 443 g/mol. The second kappa shape index (κ2) is 8.56. The van der Waals surface area contributed by atoms with Gasteiger partial charge in [0.2, 0.25) is 10.0 Å². The predicted molar refractivity (Wildman–Crippen MR) is 112 cm³/mol. The van der Waals surface area contributed by atoms with Crippen molar-refractivity contribution in [2.24, 2.45) is 0 Å². The third-order valence-electron chi connectivity index (χ3n) is 4.37. The highest BCUT2D eigenvalue weighted by atomic mass is 32.2. The SMILES string of the molecule is CS(=O)(=O)Nc1cc(N2CCCNCC2)ccc1NS(=O)(=O)c1ccc(F)cc1. The molecule has 0 radical (unpaired) electrons. The number of nitrogens with zero attached hydrogens (tertiary/aromatic N) is 1. The summed E-state index contributed by atoms with van der Waals surface area (Å²) >= 11 is 0. The van der Waals surface area contributed by atoms with Gasteiger partial charge >= 0.3 is 0 Å². The van der Waals surface area contributed by atoms with Gasteiger partial charge in [-0.2, -0.15) is 0 Å². The summed E-state index contributed by atoms with van der Waals surface area (Å²) < 4.78 is 66.7. The highest BCUT2D eigenvalue weighted by molar-refractivity contribution is 7.93. The Labute approximate surface area is 170 Å². The van der Waals surface area contributed by atoms with E-state index in [0.717, 1.165) is 68.8 Å². The number of nitrogens with one attached hydrogen (secondary N) is 3. The smallest absolute Gasteiger partial charge is 0.261 e. The van der Waals surface area contributed by atoms with Gasteiger partial charge in [-0.1, -0.05) is 0 Å². The van der Waals surface area contributed by atoms with E-state index in [-0.39, 0.29) is 16.3 Å². The fraction of sp³-hybridized carbons (Fsp3) is 0.333. The zero-order valence-electron chi connectivity index (χ0n) is 15.9. The van der Waals surface area contributed by atoms with Crippen LogP contribution in [-0.4, -0.2) is 49.3 Å². The molecule has 0 atom stereocenters. The van der Waals surface area contributed by atoms with Crippen LogP contribution in [0.15, 0.2) is 47.4 Å². The minimum Gasteiger partial charge on any atom is -0.370 e. The summed E-state index contributed by atoms with van der Waals surface area (Å²) in [5, 5.41) is 3.29. The molecule has 3 N–H and O–H groups in total. The van der Waals surface area contributed by atoms with Gasteiger partial charge in [-0.25, -0.2) is 21.2 Å². The van der Waals surface area contributed by atoms with Gasteiger partial charge in [0.25, 0.3) is 10.0 Å². The molecule has 29 heavy (non-hydrogen) atoms. The lowest BCUT2D eigenvalue weighted by Gasteiger charge is -2.24. The Morgan fingerprint density at radius 3 is 2.34 bits per heavy atom. The average Bonchev–Trinajstić information content (AvgIpc) is 2.91. The van der Waals surface area contributed by atoms with Crippen LogP contribution in [0.1, 0.15) is 6.42 Å². The van der Waals surface area contributed by atoms with Crippen LogP contribution in [0, 0.1) is 5.82 Å². The highest BCUT2D eigenvalue weighted by Crippen LogP contribution is 2.31.